The summed E-state index contributed by atoms with van der Waals surface area (Å²) in [6, 6.07) is 7.25. The molecule has 1 aromatic heterocycles. The van der Waals surface area contributed by atoms with Gasteiger partial charge in [-0.05, 0) is 36.7 Å². The summed E-state index contributed by atoms with van der Waals surface area (Å²) < 4.78 is 15.2. The van der Waals surface area contributed by atoms with Crippen LogP contribution in [0.4, 0.5) is 4.39 Å². The molecule has 0 spiro atoms. The van der Waals surface area contributed by atoms with Crippen molar-refractivity contribution in [1.82, 2.24) is 15.1 Å². The Morgan fingerprint density at radius 1 is 1.39 bits per heavy atom. The van der Waals surface area contributed by atoms with Crippen molar-refractivity contribution in [2.24, 2.45) is 7.05 Å². The molecule has 1 N–H and O–H groups in total. The summed E-state index contributed by atoms with van der Waals surface area (Å²) in [6.07, 6.45) is 1.77. The van der Waals surface area contributed by atoms with E-state index in [-0.39, 0.29) is 11.9 Å². The molecule has 1 unspecified atom stereocenters. The normalized spacial score (nSPS) is 12.7. The van der Waals surface area contributed by atoms with Crippen molar-refractivity contribution in [3.05, 3.63) is 53.1 Å². The lowest BCUT2D eigenvalue weighted by molar-refractivity contribution is 0.568. The van der Waals surface area contributed by atoms with Crippen molar-refractivity contribution < 1.29 is 4.39 Å². The number of nitrogens with zero attached hydrogens (tertiary/aromatic N) is 2. The van der Waals surface area contributed by atoms with Crippen LogP contribution in [-0.4, -0.2) is 16.3 Å². The molecule has 0 aliphatic carbocycles. The van der Waals surface area contributed by atoms with Gasteiger partial charge in [0.05, 0.1) is 11.7 Å². The molecular formula is C14H18FN3. The second-order valence-electron chi connectivity index (χ2n) is 4.38. The molecule has 0 bridgehead atoms. The monoisotopic (exact) mass is 247 g/mol. The highest BCUT2D eigenvalue weighted by atomic mass is 19.1. The first-order valence-electron chi connectivity index (χ1n) is 6.10. The maximum Gasteiger partial charge on any atom is 0.126 e. The fourth-order valence-corrected chi connectivity index (χ4v) is 2.11. The van der Waals surface area contributed by atoms with Gasteiger partial charge < -0.3 is 5.32 Å². The maximum absolute atomic E-state index is 13.3. The Bertz CT molecular complexity index is 534. The Morgan fingerprint density at radius 3 is 2.72 bits per heavy atom. The van der Waals surface area contributed by atoms with E-state index >= 15 is 0 Å². The van der Waals surface area contributed by atoms with Crippen LogP contribution < -0.4 is 5.32 Å². The van der Waals surface area contributed by atoms with E-state index in [1.807, 2.05) is 29.9 Å². The van der Waals surface area contributed by atoms with Crippen LogP contribution in [0.1, 0.15) is 29.8 Å². The Morgan fingerprint density at radius 2 is 2.17 bits per heavy atom. The van der Waals surface area contributed by atoms with Crippen molar-refractivity contribution in [1.29, 1.82) is 0 Å². The van der Waals surface area contributed by atoms with Gasteiger partial charge in [0.15, 0.2) is 0 Å². The first-order chi connectivity index (χ1) is 8.63. The third kappa shape index (κ3) is 2.43. The average Bonchev–Trinajstić information content (AvgIpc) is 2.76. The first kappa shape index (κ1) is 12.8. The van der Waals surface area contributed by atoms with Crippen LogP contribution >= 0.6 is 0 Å². The predicted molar refractivity (Wildman–Crippen MR) is 69.9 cm³/mol. The second-order valence-corrected chi connectivity index (χ2v) is 4.38. The number of aryl methyl sites for hydroxylation is 2. The van der Waals surface area contributed by atoms with Crippen molar-refractivity contribution >= 4 is 0 Å². The number of nitrogens with one attached hydrogen (secondary N) is 1. The largest absolute Gasteiger partial charge is 0.305 e. The number of rotatable bonds is 4. The minimum Gasteiger partial charge on any atom is -0.305 e. The molecule has 3 nitrogen and oxygen atoms in total. The highest BCUT2D eigenvalue weighted by molar-refractivity contribution is 5.31. The third-order valence-corrected chi connectivity index (χ3v) is 3.08. The van der Waals surface area contributed by atoms with E-state index < -0.39 is 0 Å². The van der Waals surface area contributed by atoms with E-state index in [0.717, 1.165) is 17.8 Å². The zero-order valence-electron chi connectivity index (χ0n) is 10.9. The van der Waals surface area contributed by atoms with Crippen molar-refractivity contribution in [3.63, 3.8) is 0 Å². The average molecular weight is 247 g/mol. The molecule has 1 aromatic carbocycles. The van der Waals surface area contributed by atoms with Crippen LogP contribution in [0.3, 0.4) is 0 Å². The van der Waals surface area contributed by atoms with Crippen LogP contribution in [0.25, 0.3) is 0 Å². The van der Waals surface area contributed by atoms with E-state index in [4.69, 9.17) is 0 Å². The lowest BCUT2D eigenvalue weighted by Crippen LogP contribution is -2.24. The van der Waals surface area contributed by atoms with Gasteiger partial charge in [0, 0.05) is 13.2 Å². The predicted octanol–water partition coefficient (Wildman–Crippen LogP) is 2.57. The molecule has 1 heterocycles. The van der Waals surface area contributed by atoms with Gasteiger partial charge in [0.1, 0.15) is 5.82 Å². The Kier molecular flexibility index (Phi) is 3.77. The SMILES string of the molecule is CCNC(c1ccc(F)c(C)c1)c1ccnn1C. The molecule has 4 heteroatoms. The van der Waals surface area contributed by atoms with Crippen LogP contribution in [0, 0.1) is 12.7 Å². The molecule has 0 amide bonds. The molecule has 0 aliphatic heterocycles. The quantitative estimate of drug-likeness (QED) is 0.900. The number of benzene rings is 1. The van der Waals surface area contributed by atoms with Crippen LogP contribution in [0.2, 0.25) is 0 Å². The third-order valence-electron chi connectivity index (χ3n) is 3.08. The van der Waals surface area contributed by atoms with Gasteiger partial charge >= 0.3 is 0 Å². The van der Waals surface area contributed by atoms with Gasteiger partial charge in [-0.25, -0.2) is 4.39 Å². The van der Waals surface area contributed by atoms with E-state index in [9.17, 15) is 4.39 Å². The van der Waals surface area contributed by atoms with Crippen LogP contribution in [-0.2, 0) is 7.05 Å². The number of hydrogen-bond acceptors (Lipinski definition) is 2. The zero-order valence-corrected chi connectivity index (χ0v) is 10.9. The van der Waals surface area contributed by atoms with E-state index in [1.54, 1.807) is 13.1 Å². The molecule has 2 rings (SSSR count). The number of aromatic nitrogens is 2. The molecule has 0 saturated heterocycles. The Labute approximate surface area is 107 Å². The maximum atomic E-state index is 13.3. The lowest BCUT2D eigenvalue weighted by atomic mass is 10.0. The van der Waals surface area contributed by atoms with E-state index in [0.29, 0.717) is 5.56 Å². The second kappa shape index (κ2) is 5.31. The molecular weight excluding hydrogens is 229 g/mol. The zero-order chi connectivity index (χ0) is 13.1. The van der Waals surface area contributed by atoms with Crippen molar-refractivity contribution in [3.8, 4) is 0 Å². The van der Waals surface area contributed by atoms with Gasteiger partial charge in [0.2, 0.25) is 0 Å². The van der Waals surface area contributed by atoms with Gasteiger partial charge in [-0.1, -0.05) is 19.1 Å². The smallest absolute Gasteiger partial charge is 0.126 e. The Hall–Kier alpha value is -1.68. The van der Waals surface area contributed by atoms with Crippen LogP contribution in [0.15, 0.2) is 30.5 Å². The molecule has 1 atom stereocenters. The molecule has 2 aromatic rings. The highest BCUT2D eigenvalue weighted by Crippen LogP contribution is 2.23. The minimum atomic E-state index is -0.168. The topological polar surface area (TPSA) is 29.9 Å². The lowest BCUT2D eigenvalue weighted by Gasteiger charge is -2.19. The fourth-order valence-electron chi connectivity index (χ4n) is 2.11. The van der Waals surface area contributed by atoms with Crippen molar-refractivity contribution in [2.45, 2.75) is 19.9 Å². The number of halogens is 1. The number of hydrogen-bond donors (Lipinski definition) is 1. The summed E-state index contributed by atoms with van der Waals surface area (Å²) in [4.78, 5) is 0. The first-order valence-corrected chi connectivity index (χ1v) is 6.10. The summed E-state index contributed by atoms with van der Waals surface area (Å²) >= 11 is 0. The molecule has 0 fully saturated rings. The van der Waals surface area contributed by atoms with Gasteiger partial charge in [-0.3, -0.25) is 4.68 Å². The molecule has 18 heavy (non-hydrogen) atoms. The molecule has 0 radical (unpaired) electrons. The van der Waals surface area contributed by atoms with Crippen molar-refractivity contribution in [2.75, 3.05) is 6.54 Å². The standard InChI is InChI=1S/C14H18FN3/c1-4-16-14(13-7-8-17-18(13)3)11-5-6-12(15)10(2)9-11/h5-9,14,16H,4H2,1-3H3. The van der Waals surface area contributed by atoms with E-state index in [2.05, 4.69) is 17.3 Å². The fraction of sp³-hybridized carbons (Fsp3) is 0.357. The van der Waals surface area contributed by atoms with Gasteiger partial charge in [0.25, 0.3) is 0 Å². The highest BCUT2D eigenvalue weighted by Gasteiger charge is 2.16. The molecule has 0 saturated carbocycles. The molecule has 0 aliphatic rings. The van der Waals surface area contributed by atoms with Gasteiger partial charge in [-0.15, -0.1) is 0 Å². The summed E-state index contributed by atoms with van der Waals surface area (Å²) in [5.41, 5.74) is 2.79. The van der Waals surface area contributed by atoms with Gasteiger partial charge in [-0.2, -0.15) is 5.10 Å². The summed E-state index contributed by atoms with van der Waals surface area (Å²) in [5, 5.41) is 7.59. The summed E-state index contributed by atoms with van der Waals surface area (Å²) in [6.45, 7) is 4.68. The Balaban J connectivity index is 2.41. The minimum absolute atomic E-state index is 0.0433. The summed E-state index contributed by atoms with van der Waals surface area (Å²) in [5.74, 6) is -0.168. The van der Waals surface area contributed by atoms with E-state index in [1.165, 1.54) is 6.07 Å². The summed E-state index contributed by atoms with van der Waals surface area (Å²) in [7, 11) is 1.91. The molecule has 96 valence electrons. The van der Waals surface area contributed by atoms with Crippen LogP contribution in [0.5, 0.6) is 0 Å².